The Morgan fingerprint density at radius 3 is 2.94 bits per heavy atom. The number of aromatic amines is 1. The van der Waals surface area contributed by atoms with Crippen molar-refractivity contribution in [1.82, 2.24) is 15.3 Å². The van der Waals surface area contributed by atoms with Crippen LogP contribution in [0.3, 0.4) is 0 Å². The van der Waals surface area contributed by atoms with E-state index >= 15 is 0 Å². The van der Waals surface area contributed by atoms with E-state index in [1.807, 2.05) is 0 Å². The smallest absolute Gasteiger partial charge is 0.124 e. The van der Waals surface area contributed by atoms with E-state index in [-0.39, 0.29) is 0 Å². The van der Waals surface area contributed by atoms with E-state index < -0.39 is 0 Å². The lowest BCUT2D eigenvalue weighted by molar-refractivity contribution is 0.484. The van der Waals surface area contributed by atoms with Crippen molar-refractivity contribution in [2.75, 3.05) is 6.54 Å². The van der Waals surface area contributed by atoms with Gasteiger partial charge in [-0.25, -0.2) is 4.98 Å². The van der Waals surface area contributed by atoms with Gasteiger partial charge in [0.15, 0.2) is 0 Å². The minimum absolute atomic E-state index is 0.395. The lowest BCUT2D eigenvalue weighted by Crippen LogP contribution is -2.17. The molecule has 1 fully saturated rings. The third-order valence-electron chi connectivity index (χ3n) is 3.56. The first-order valence-electron chi connectivity index (χ1n) is 5.94. The van der Waals surface area contributed by atoms with Crippen LogP contribution in [0.4, 0.5) is 0 Å². The highest BCUT2D eigenvalue weighted by Crippen LogP contribution is 2.29. The molecule has 1 aromatic heterocycles. The predicted molar refractivity (Wildman–Crippen MR) is 65.4 cm³/mol. The largest absolute Gasteiger partial charge is 0.341 e. The Bertz CT molecular complexity index is 515. The average molecular weight is 215 g/mol. The molecule has 16 heavy (non-hydrogen) atoms. The van der Waals surface area contributed by atoms with Crippen molar-refractivity contribution in [2.45, 2.75) is 26.3 Å². The first-order chi connectivity index (χ1) is 7.75. The molecule has 2 heterocycles. The molecule has 2 aromatic rings. The Labute approximate surface area is 95.3 Å². The van der Waals surface area contributed by atoms with Gasteiger partial charge in [-0.05, 0) is 37.4 Å². The van der Waals surface area contributed by atoms with Gasteiger partial charge in [-0.2, -0.15) is 0 Å². The molecule has 0 radical (unpaired) electrons. The lowest BCUT2D eigenvalue weighted by atomic mass is 10.0. The molecule has 1 aliphatic rings. The van der Waals surface area contributed by atoms with Gasteiger partial charge < -0.3 is 10.3 Å². The van der Waals surface area contributed by atoms with Crippen molar-refractivity contribution in [1.29, 1.82) is 0 Å². The van der Waals surface area contributed by atoms with E-state index in [2.05, 4.69) is 42.3 Å². The molecule has 0 aliphatic carbocycles. The SMILES string of the molecule is Cc1cccc2[nH]c(C3NCCC3C)nc12. The maximum atomic E-state index is 4.73. The molecule has 1 aromatic carbocycles. The second-order valence-corrected chi connectivity index (χ2v) is 4.79. The van der Waals surface area contributed by atoms with Crippen molar-refractivity contribution in [3.05, 3.63) is 29.6 Å². The highest BCUT2D eigenvalue weighted by Gasteiger charge is 2.26. The van der Waals surface area contributed by atoms with Crippen molar-refractivity contribution < 1.29 is 0 Å². The molecule has 2 unspecified atom stereocenters. The Morgan fingerprint density at radius 2 is 2.25 bits per heavy atom. The normalized spacial score (nSPS) is 25.4. The van der Waals surface area contributed by atoms with E-state index in [1.165, 1.54) is 12.0 Å². The average Bonchev–Trinajstić information content (AvgIpc) is 2.84. The minimum Gasteiger partial charge on any atom is -0.341 e. The molecule has 3 rings (SSSR count). The monoisotopic (exact) mass is 215 g/mol. The van der Waals surface area contributed by atoms with Crippen LogP contribution in [0.1, 0.15) is 30.8 Å². The molecule has 84 valence electrons. The van der Waals surface area contributed by atoms with Gasteiger partial charge in [-0.15, -0.1) is 0 Å². The maximum Gasteiger partial charge on any atom is 0.124 e. The van der Waals surface area contributed by atoms with Crippen LogP contribution in [0.25, 0.3) is 11.0 Å². The number of hydrogen-bond acceptors (Lipinski definition) is 2. The minimum atomic E-state index is 0.395. The predicted octanol–water partition coefficient (Wildman–Crippen LogP) is 2.54. The van der Waals surface area contributed by atoms with Crippen molar-refractivity contribution >= 4 is 11.0 Å². The number of rotatable bonds is 1. The standard InChI is InChI=1S/C13H17N3/c1-8-4-3-5-10-11(8)16-13(15-10)12-9(2)6-7-14-12/h3-5,9,12,14H,6-7H2,1-2H3,(H,15,16). The summed E-state index contributed by atoms with van der Waals surface area (Å²) in [5.74, 6) is 1.76. The fraction of sp³-hybridized carbons (Fsp3) is 0.462. The molecule has 1 aliphatic heterocycles. The fourth-order valence-electron chi connectivity index (χ4n) is 2.54. The van der Waals surface area contributed by atoms with Gasteiger partial charge >= 0.3 is 0 Å². The number of para-hydroxylation sites is 1. The molecule has 0 amide bonds. The Morgan fingerprint density at radius 1 is 1.38 bits per heavy atom. The van der Waals surface area contributed by atoms with E-state index in [1.54, 1.807) is 0 Å². The zero-order valence-corrected chi connectivity index (χ0v) is 9.75. The third kappa shape index (κ3) is 1.43. The number of fused-ring (bicyclic) bond motifs is 1. The molecular formula is C13H17N3. The number of hydrogen-bond donors (Lipinski definition) is 2. The lowest BCUT2D eigenvalue weighted by Gasteiger charge is -2.11. The summed E-state index contributed by atoms with van der Waals surface area (Å²) in [6.07, 6.45) is 1.24. The Hall–Kier alpha value is -1.35. The molecule has 0 spiro atoms. The number of benzene rings is 1. The van der Waals surface area contributed by atoms with E-state index in [0.29, 0.717) is 12.0 Å². The van der Waals surface area contributed by atoms with Crippen LogP contribution >= 0.6 is 0 Å². The van der Waals surface area contributed by atoms with Crippen molar-refractivity contribution in [2.24, 2.45) is 5.92 Å². The molecule has 3 heteroatoms. The number of aromatic nitrogens is 2. The van der Waals surface area contributed by atoms with Crippen LogP contribution in [0.5, 0.6) is 0 Å². The van der Waals surface area contributed by atoms with Crippen LogP contribution < -0.4 is 5.32 Å². The van der Waals surface area contributed by atoms with Gasteiger partial charge in [0.25, 0.3) is 0 Å². The molecular weight excluding hydrogens is 198 g/mol. The zero-order valence-electron chi connectivity index (χ0n) is 9.75. The number of nitrogens with zero attached hydrogens (tertiary/aromatic N) is 1. The van der Waals surface area contributed by atoms with Crippen molar-refractivity contribution in [3.8, 4) is 0 Å². The maximum absolute atomic E-state index is 4.73. The van der Waals surface area contributed by atoms with Crippen LogP contribution in [0, 0.1) is 12.8 Å². The first kappa shape index (κ1) is 9.85. The second-order valence-electron chi connectivity index (χ2n) is 4.79. The van der Waals surface area contributed by atoms with Gasteiger partial charge in [0, 0.05) is 0 Å². The summed E-state index contributed by atoms with van der Waals surface area (Å²) in [6.45, 7) is 5.49. The highest BCUT2D eigenvalue weighted by molar-refractivity contribution is 5.78. The van der Waals surface area contributed by atoms with Gasteiger partial charge in [0.1, 0.15) is 5.82 Å². The van der Waals surface area contributed by atoms with E-state index in [0.717, 1.165) is 23.4 Å². The summed E-state index contributed by atoms with van der Waals surface area (Å²) >= 11 is 0. The van der Waals surface area contributed by atoms with Gasteiger partial charge in [-0.3, -0.25) is 0 Å². The number of imidazole rings is 1. The summed E-state index contributed by atoms with van der Waals surface area (Å²) in [6, 6.07) is 6.67. The Kier molecular flexibility index (Phi) is 2.21. The molecule has 0 bridgehead atoms. The summed E-state index contributed by atoms with van der Waals surface area (Å²) in [5.41, 5.74) is 3.50. The van der Waals surface area contributed by atoms with Gasteiger partial charge in [0.2, 0.25) is 0 Å². The van der Waals surface area contributed by atoms with Gasteiger partial charge in [-0.1, -0.05) is 19.1 Å². The van der Waals surface area contributed by atoms with E-state index in [9.17, 15) is 0 Å². The molecule has 1 saturated heterocycles. The molecule has 2 atom stereocenters. The summed E-state index contributed by atoms with van der Waals surface area (Å²) < 4.78 is 0. The summed E-state index contributed by atoms with van der Waals surface area (Å²) in [5, 5.41) is 3.51. The fourth-order valence-corrected chi connectivity index (χ4v) is 2.54. The molecule has 3 nitrogen and oxygen atoms in total. The summed E-state index contributed by atoms with van der Waals surface area (Å²) in [7, 11) is 0. The molecule has 2 N–H and O–H groups in total. The summed E-state index contributed by atoms with van der Waals surface area (Å²) in [4.78, 5) is 8.16. The van der Waals surface area contributed by atoms with Crippen LogP contribution in [-0.2, 0) is 0 Å². The quantitative estimate of drug-likeness (QED) is 0.767. The van der Waals surface area contributed by atoms with Gasteiger partial charge in [0.05, 0.1) is 17.1 Å². The molecule has 0 saturated carbocycles. The number of nitrogens with one attached hydrogen (secondary N) is 2. The van der Waals surface area contributed by atoms with E-state index in [4.69, 9.17) is 4.98 Å². The first-order valence-corrected chi connectivity index (χ1v) is 5.94. The van der Waals surface area contributed by atoms with Crippen LogP contribution in [0.15, 0.2) is 18.2 Å². The topological polar surface area (TPSA) is 40.7 Å². The van der Waals surface area contributed by atoms with Crippen LogP contribution in [0.2, 0.25) is 0 Å². The second kappa shape index (κ2) is 3.59. The van der Waals surface area contributed by atoms with Crippen LogP contribution in [-0.4, -0.2) is 16.5 Å². The number of aryl methyl sites for hydroxylation is 1. The number of H-pyrrole nitrogens is 1. The zero-order chi connectivity index (χ0) is 11.1. The third-order valence-corrected chi connectivity index (χ3v) is 3.56. The highest BCUT2D eigenvalue weighted by atomic mass is 15.0. The van der Waals surface area contributed by atoms with Crippen molar-refractivity contribution in [3.63, 3.8) is 0 Å². The Balaban J connectivity index is 2.08.